The third-order valence-electron chi connectivity index (χ3n) is 2.73. The second-order valence-electron chi connectivity index (χ2n) is 4.80. The van der Waals surface area contributed by atoms with E-state index in [1.54, 1.807) is 0 Å². The Morgan fingerprint density at radius 1 is 0.571 bits per heavy atom. The van der Waals surface area contributed by atoms with Crippen LogP contribution in [0.4, 0.5) is 57.1 Å². The predicted molar refractivity (Wildman–Crippen MR) is 66.4 cm³/mol. The molecule has 1 aromatic carbocycles. The van der Waals surface area contributed by atoms with Crippen LogP contribution in [0.1, 0.15) is 0 Å². The van der Waals surface area contributed by atoms with Gasteiger partial charge in [0.2, 0.25) is 11.6 Å². The summed E-state index contributed by atoms with van der Waals surface area (Å²) < 4.78 is 171. The number of halogens is 13. The Morgan fingerprint density at radius 3 is 1.32 bits per heavy atom. The van der Waals surface area contributed by atoms with E-state index in [0.717, 1.165) is 18.2 Å². The third kappa shape index (κ3) is 5.79. The van der Waals surface area contributed by atoms with E-state index >= 15 is 0 Å². The molecule has 158 valence electrons. The first kappa shape index (κ1) is 23.6. The number of hydrogen-bond donors (Lipinski definition) is 0. The van der Waals surface area contributed by atoms with Crippen LogP contribution in [0, 0.1) is 0 Å². The van der Waals surface area contributed by atoms with Crippen molar-refractivity contribution >= 4 is 0 Å². The highest BCUT2D eigenvalue weighted by Crippen LogP contribution is 2.49. The van der Waals surface area contributed by atoms with Gasteiger partial charge in [-0.1, -0.05) is 18.2 Å². The fourth-order valence-electron chi connectivity index (χ4n) is 1.76. The minimum Gasteiger partial charge on any atom is -0.451 e. The van der Waals surface area contributed by atoms with Crippen molar-refractivity contribution in [2.45, 2.75) is 24.7 Å². The first-order valence-electron chi connectivity index (χ1n) is 6.53. The van der Waals surface area contributed by atoms with Gasteiger partial charge >= 0.3 is 24.7 Å². The van der Waals surface area contributed by atoms with E-state index < -0.39 is 53.2 Å². The number of alkyl halides is 12. The summed E-state index contributed by atoms with van der Waals surface area (Å²) in [5.74, 6) is -9.02. The van der Waals surface area contributed by atoms with Gasteiger partial charge in [-0.15, -0.1) is 0 Å². The molecule has 14 heteroatoms. The Hall–Kier alpha value is -2.41. The summed E-state index contributed by atoms with van der Waals surface area (Å²) in [6.07, 6.45) is -26.6. The van der Waals surface area contributed by atoms with Crippen molar-refractivity contribution in [1.29, 1.82) is 0 Å². The molecule has 1 nitrogen and oxygen atoms in total. The quantitative estimate of drug-likeness (QED) is 0.288. The normalized spacial score (nSPS) is 15.8. The van der Waals surface area contributed by atoms with Crippen molar-refractivity contribution in [3.05, 3.63) is 53.1 Å². The van der Waals surface area contributed by atoms with Gasteiger partial charge in [-0.3, -0.25) is 0 Å². The molecule has 0 aliphatic carbocycles. The second kappa shape index (κ2) is 7.54. The summed E-state index contributed by atoms with van der Waals surface area (Å²) in [5, 5.41) is 0. The van der Waals surface area contributed by atoms with E-state index in [1.807, 2.05) is 0 Å². The van der Waals surface area contributed by atoms with E-state index in [2.05, 4.69) is 4.74 Å². The first-order chi connectivity index (χ1) is 12.4. The van der Waals surface area contributed by atoms with Gasteiger partial charge in [0.05, 0.1) is 0 Å². The van der Waals surface area contributed by atoms with Crippen molar-refractivity contribution in [2.75, 3.05) is 0 Å². The van der Waals surface area contributed by atoms with Crippen molar-refractivity contribution in [3.8, 4) is 5.75 Å². The van der Waals surface area contributed by atoms with Crippen LogP contribution >= 0.6 is 0 Å². The lowest BCUT2D eigenvalue weighted by Gasteiger charge is -2.24. The molecule has 0 aromatic heterocycles. The highest BCUT2D eigenvalue weighted by Gasteiger charge is 2.58. The Morgan fingerprint density at radius 2 is 1.00 bits per heavy atom. The maximum atomic E-state index is 13.2. The smallest absolute Gasteiger partial charge is 0.450 e. The number of benzene rings is 1. The average Bonchev–Trinajstić information content (AvgIpc) is 2.46. The molecule has 0 spiro atoms. The van der Waals surface area contributed by atoms with Crippen LogP contribution in [0.3, 0.4) is 0 Å². The molecule has 0 radical (unpaired) electrons. The third-order valence-corrected chi connectivity index (χ3v) is 2.73. The molecule has 0 N–H and O–H groups in total. The highest BCUT2D eigenvalue weighted by atomic mass is 19.4. The molecule has 1 aromatic rings. The molecule has 0 atom stereocenters. The van der Waals surface area contributed by atoms with E-state index in [4.69, 9.17) is 0 Å². The monoisotopic (exact) mass is 436 g/mol. The summed E-state index contributed by atoms with van der Waals surface area (Å²) in [7, 11) is 0. The zero-order valence-corrected chi connectivity index (χ0v) is 12.7. The summed E-state index contributed by atoms with van der Waals surface area (Å²) in [5.41, 5.74) is -8.22. The number of hydrogen-bond acceptors (Lipinski definition) is 1. The molecule has 28 heavy (non-hydrogen) atoms. The van der Waals surface area contributed by atoms with Crippen LogP contribution in [0.2, 0.25) is 0 Å². The standard InChI is InChI=1S/C14H5F13O/c15-9(13(22,23)24)7(11(16,17)18)8(12(19,20)21)10(14(25,26)27)28-6-4-2-1-3-5-6/h1-5H/b9-7-,10-8-. The van der Waals surface area contributed by atoms with Gasteiger partial charge in [0.15, 0.2) is 0 Å². The zero-order valence-electron chi connectivity index (χ0n) is 12.7. The second-order valence-corrected chi connectivity index (χ2v) is 4.80. The van der Waals surface area contributed by atoms with E-state index in [9.17, 15) is 57.1 Å². The van der Waals surface area contributed by atoms with Gasteiger partial charge in [-0.05, 0) is 12.1 Å². The predicted octanol–water partition coefficient (Wildman–Crippen LogP) is 6.79. The van der Waals surface area contributed by atoms with Gasteiger partial charge in [-0.25, -0.2) is 4.39 Å². The van der Waals surface area contributed by atoms with Gasteiger partial charge in [-0.2, -0.15) is 52.7 Å². The first-order valence-corrected chi connectivity index (χ1v) is 6.53. The molecular formula is C14H5F13O. The van der Waals surface area contributed by atoms with Crippen LogP contribution in [0.5, 0.6) is 5.75 Å². The fraction of sp³-hybridized carbons (Fsp3) is 0.286. The van der Waals surface area contributed by atoms with Crippen molar-refractivity contribution in [2.24, 2.45) is 0 Å². The van der Waals surface area contributed by atoms with Crippen molar-refractivity contribution in [3.63, 3.8) is 0 Å². The van der Waals surface area contributed by atoms with E-state index in [-0.39, 0.29) is 0 Å². The highest BCUT2D eigenvalue weighted by molar-refractivity contribution is 5.45. The molecule has 0 bridgehead atoms. The summed E-state index contributed by atoms with van der Waals surface area (Å²) in [4.78, 5) is 0. The van der Waals surface area contributed by atoms with Gasteiger partial charge in [0.1, 0.15) is 16.9 Å². The van der Waals surface area contributed by atoms with E-state index in [1.165, 1.54) is 0 Å². The minimum absolute atomic E-state index is 0.580. The molecule has 1 rings (SSSR count). The largest absolute Gasteiger partial charge is 0.451 e. The summed E-state index contributed by atoms with van der Waals surface area (Å²) in [6.45, 7) is 0. The van der Waals surface area contributed by atoms with Gasteiger partial charge in [0.25, 0.3) is 0 Å². The van der Waals surface area contributed by atoms with E-state index in [0.29, 0.717) is 12.1 Å². The number of allylic oxidation sites excluding steroid dienone is 4. The lowest BCUT2D eigenvalue weighted by atomic mass is 10.0. The average molecular weight is 436 g/mol. The molecule has 0 saturated carbocycles. The number of rotatable bonds is 3. The van der Waals surface area contributed by atoms with Gasteiger partial charge in [0, 0.05) is 0 Å². The topological polar surface area (TPSA) is 9.23 Å². The van der Waals surface area contributed by atoms with Crippen molar-refractivity contribution in [1.82, 2.24) is 0 Å². The van der Waals surface area contributed by atoms with Crippen molar-refractivity contribution < 1.29 is 61.8 Å². The fourth-order valence-corrected chi connectivity index (χ4v) is 1.76. The summed E-state index contributed by atoms with van der Waals surface area (Å²) in [6, 6.07) is 4.12. The van der Waals surface area contributed by atoms with Gasteiger partial charge < -0.3 is 4.74 Å². The van der Waals surface area contributed by atoms with Crippen LogP contribution in [0.15, 0.2) is 53.1 Å². The lowest BCUT2D eigenvalue weighted by Crippen LogP contribution is -2.33. The molecule has 0 unspecified atom stereocenters. The maximum absolute atomic E-state index is 13.2. The Balaban J connectivity index is 4.03. The number of ether oxygens (including phenoxy) is 1. The zero-order chi connectivity index (χ0) is 22.1. The molecule has 0 aliphatic rings. The van der Waals surface area contributed by atoms with Crippen LogP contribution in [0.25, 0.3) is 0 Å². The minimum atomic E-state index is -6.80. The Labute approximate surface area is 146 Å². The molecule has 0 aliphatic heterocycles. The molecule has 0 saturated heterocycles. The van der Waals surface area contributed by atoms with Crippen LogP contribution in [-0.2, 0) is 0 Å². The maximum Gasteiger partial charge on any atom is 0.450 e. The molecule has 0 heterocycles. The number of para-hydroxylation sites is 1. The van der Waals surface area contributed by atoms with Crippen LogP contribution in [-0.4, -0.2) is 24.7 Å². The summed E-state index contributed by atoms with van der Waals surface area (Å²) >= 11 is 0. The molecular weight excluding hydrogens is 431 g/mol. The molecule has 0 amide bonds. The molecule has 0 fully saturated rings. The Bertz CT molecular complexity index is 745. The SMILES string of the molecule is F/C(=C(/C(=C(/Oc1ccccc1)C(F)(F)F)C(F)(F)F)C(F)(F)F)C(F)(F)F. The lowest BCUT2D eigenvalue weighted by molar-refractivity contribution is -0.149. The Kier molecular flexibility index (Phi) is 6.37. The van der Waals surface area contributed by atoms with Crippen LogP contribution < -0.4 is 4.74 Å².